The zero-order valence-corrected chi connectivity index (χ0v) is 17.4. The van der Waals surface area contributed by atoms with Gasteiger partial charge in [-0.1, -0.05) is 18.2 Å². The number of anilines is 1. The molecular weight excluding hydrogens is 397 g/mol. The molecule has 0 aliphatic carbocycles. The van der Waals surface area contributed by atoms with E-state index in [1.807, 2.05) is 24.0 Å². The molecule has 8 heteroatoms. The Balaban J connectivity index is 1.45. The number of piperazine rings is 1. The molecule has 4 heterocycles. The molecule has 4 aromatic rings. The van der Waals surface area contributed by atoms with Gasteiger partial charge in [0.2, 0.25) is 0 Å². The van der Waals surface area contributed by atoms with E-state index in [9.17, 15) is 14.0 Å². The van der Waals surface area contributed by atoms with Gasteiger partial charge in [-0.3, -0.25) is 14.0 Å². The van der Waals surface area contributed by atoms with E-state index in [0.717, 1.165) is 5.56 Å². The topological polar surface area (TPSA) is 62.9 Å². The highest BCUT2D eigenvalue weighted by atomic mass is 19.1. The van der Waals surface area contributed by atoms with Crippen molar-refractivity contribution in [1.82, 2.24) is 18.9 Å². The van der Waals surface area contributed by atoms with Crippen molar-refractivity contribution in [3.63, 3.8) is 0 Å². The molecule has 0 radical (unpaired) electrons. The van der Waals surface area contributed by atoms with Gasteiger partial charge in [-0.05, 0) is 36.8 Å². The van der Waals surface area contributed by atoms with E-state index in [1.54, 1.807) is 47.0 Å². The number of para-hydroxylation sites is 1. The minimum Gasteiger partial charge on any atom is -0.366 e. The Morgan fingerprint density at radius 2 is 1.81 bits per heavy atom. The summed E-state index contributed by atoms with van der Waals surface area (Å²) in [4.78, 5) is 34.5. The molecule has 158 valence electrons. The molecule has 1 saturated heterocycles. The minimum absolute atomic E-state index is 0.154. The van der Waals surface area contributed by atoms with Crippen molar-refractivity contribution >= 4 is 28.3 Å². The van der Waals surface area contributed by atoms with Gasteiger partial charge in [0.05, 0.1) is 11.1 Å². The summed E-state index contributed by atoms with van der Waals surface area (Å²) in [5.41, 5.74) is 2.77. The average molecular weight is 419 g/mol. The lowest BCUT2D eigenvalue weighted by atomic mass is 10.2. The third-order valence-corrected chi connectivity index (χ3v) is 5.92. The molecule has 0 saturated carbocycles. The highest BCUT2D eigenvalue weighted by molar-refractivity contribution is 5.98. The predicted octanol–water partition coefficient (Wildman–Crippen LogP) is 2.60. The van der Waals surface area contributed by atoms with Crippen molar-refractivity contribution < 1.29 is 9.18 Å². The smallest absolute Gasteiger partial charge is 0.270 e. The molecule has 1 amide bonds. The summed E-state index contributed by atoms with van der Waals surface area (Å²) in [6.45, 7) is 3.95. The van der Waals surface area contributed by atoms with Crippen molar-refractivity contribution in [2.75, 3.05) is 31.1 Å². The van der Waals surface area contributed by atoms with Crippen LogP contribution in [-0.4, -0.2) is 50.9 Å². The summed E-state index contributed by atoms with van der Waals surface area (Å²) in [6, 6.07) is 12.0. The van der Waals surface area contributed by atoms with Crippen LogP contribution in [0.2, 0.25) is 0 Å². The summed E-state index contributed by atoms with van der Waals surface area (Å²) < 4.78 is 17.3. The number of benzene rings is 1. The Morgan fingerprint density at radius 3 is 2.55 bits per heavy atom. The number of nitrogens with zero attached hydrogens (tertiary/aromatic N) is 5. The molecule has 0 atom stereocenters. The second-order valence-corrected chi connectivity index (χ2v) is 7.91. The van der Waals surface area contributed by atoms with Crippen LogP contribution < -0.4 is 10.5 Å². The monoisotopic (exact) mass is 419 g/mol. The summed E-state index contributed by atoms with van der Waals surface area (Å²) in [5.74, 6) is -0.414. The van der Waals surface area contributed by atoms with E-state index in [0.29, 0.717) is 54.2 Å². The average Bonchev–Trinajstić information content (AvgIpc) is 3.11. The number of aromatic nitrogens is 3. The van der Waals surface area contributed by atoms with E-state index in [4.69, 9.17) is 0 Å². The van der Waals surface area contributed by atoms with Crippen LogP contribution >= 0.6 is 0 Å². The summed E-state index contributed by atoms with van der Waals surface area (Å²) in [5, 5.41) is 0.416. The van der Waals surface area contributed by atoms with E-state index >= 15 is 0 Å². The third-order valence-electron chi connectivity index (χ3n) is 5.92. The Kier molecular flexibility index (Phi) is 4.50. The molecule has 5 rings (SSSR count). The lowest BCUT2D eigenvalue weighted by Gasteiger charge is -2.36. The number of pyridine rings is 1. The van der Waals surface area contributed by atoms with Gasteiger partial charge >= 0.3 is 0 Å². The fraction of sp³-hybridized carbons (Fsp3) is 0.261. The number of carbonyl (C=O) groups excluding carboxylic acids is 1. The molecule has 3 aromatic heterocycles. The Hall–Kier alpha value is -3.68. The van der Waals surface area contributed by atoms with E-state index in [2.05, 4.69) is 4.98 Å². The van der Waals surface area contributed by atoms with E-state index in [1.165, 1.54) is 10.5 Å². The van der Waals surface area contributed by atoms with E-state index < -0.39 is 0 Å². The van der Waals surface area contributed by atoms with Gasteiger partial charge in [0.25, 0.3) is 11.5 Å². The van der Waals surface area contributed by atoms with Gasteiger partial charge < -0.3 is 14.4 Å². The molecule has 1 aromatic carbocycles. The van der Waals surface area contributed by atoms with Crippen LogP contribution in [0.3, 0.4) is 0 Å². The number of halogens is 1. The molecule has 31 heavy (non-hydrogen) atoms. The summed E-state index contributed by atoms with van der Waals surface area (Å²) in [7, 11) is 1.75. The largest absolute Gasteiger partial charge is 0.366 e. The first-order valence-corrected chi connectivity index (χ1v) is 10.2. The number of aryl methyl sites for hydroxylation is 2. The Morgan fingerprint density at radius 1 is 1.06 bits per heavy atom. The lowest BCUT2D eigenvalue weighted by molar-refractivity contribution is 0.0737. The van der Waals surface area contributed by atoms with Crippen molar-refractivity contribution in [2.24, 2.45) is 7.05 Å². The van der Waals surface area contributed by atoms with Gasteiger partial charge in [0.15, 0.2) is 0 Å². The zero-order valence-electron chi connectivity index (χ0n) is 17.4. The maximum Gasteiger partial charge on any atom is 0.270 e. The second-order valence-electron chi connectivity index (χ2n) is 7.91. The predicted molar refractivity (Wildman–Crippen MR) is 117 cm³/mol. The fourth-order valence-electron chi connectivity index (χ4n) is 4.20. The Bertz CT molecular complexity index is 1380. The molecule has 0 N–H and O–H groups in total. The first kappa shape index (κ1) is 19.3. The quantitative estimate of drug-likeness (QED) is 0.501. The first-order valence-electron chi connectivity index (χ1n) is 10.2. The molecule has 0 spiro atoms. The minimum atomic E-state index is -0.259. The maximum atomic E-state index is 14.1. The number of hydrogen-bond acceptors (Lipinski definition) is 4. The molecule has 1 aliphatic rings. The normalized spacial score (nSPS) is 14.5. The fourth-order valence-corrected chi connectivity index (χ4v) is 4.20. The summed E-state index contributed by atoms with van der Waals surface area (Å²) >= 11 is 0. The number of carbonyl (C=O) groups is 1. The number of amides is 1. The van der Waals surface area contributed by atoms with Crippen molar-refractivity contribution in [3.8, 4) is 0 Å². The lowest BCUT2D eigenvalue weighted by Crippen LogP contribution is -2.49. The van der Waals surface area contributed by atoms with Crippen molar-refractivity contribution in [3.05, 3.63) is 76.1 Å². The third kappa shape index (κ3) is 3.15. The first-order chi connectivity index (χ1) is 14.9. The van der Waals surface area contributed by atoms with E-state index in [-0.39, 0.29) is 17.3 Å². The maximum absolute atomic E-state index is 14.1. The zero-order chi connectivity index (χ0) is 21.7. The van der Waals surface area contributed by atoms with Crippen molar-refractivity contribution in [2.45, 2.75) is 6.92 Å². The number of fused-ring (bicyclic) bond motifs is 2. The van der Waals surface area contributed by atoms with Crippen LogP contribution in [0.1, 0.15) is 16.1 Å². The highest BCUT2D eigenvalue weighted by Gasteiger charge is 2.26. The van der Waals surface area contributed by atoms with Crippen LogP contribution in [0.5, 0.6) is 0 Å². The van der Waals surface area contributed by atoms with Gasteiger partial charge in [0.1, 0.15) is 22.8 Å². The highest BCUT2D eigenvalue weighted by Crippen LogP contribution is 2.22. The molecule has 1 aliphatic heterocycles. The standard InChI is InChI=1S/C23H22FN5O2/c1-15-7-8-20-25-21-16(22(30)29(20)14-15)13-19(26(21)2)23(31)28-11-9-27(10-12-28)18-6-4-3-5-17(18)24/h3-8,13-14H,9-12H2,1-2H3. The van der Waals surface area contributed by atoms with Crippen LogP contribution in [0.15, 0.2) is 53.5 Å². The van der Waals surface area contributed by atoms with Gasteiger partial charge in [-0.2, -0.15) is 0 Å². The summed E-state index contributed by atoms with van der Waals surface area (Å²) in [6.07, 6.45) is 1.75. The van der Waals surface area contributed by atoms with Crippen molar-refractivity contribution in [1.29, 1.82) is 0 Å². The number of hydrogen-bond donors (Lipinski definition) is 0. The van der Waals surface area contributed by atoms with Crippen LogP contribution in [0.25, 0.3) is 16.7 Å². The molecular formula is C23H22FN5O2. The Labute approximate surface area is 177 Å². The van der Waals surface area contributed by atoms with Gasteiger partial charge in [-0.15, -0.1) is 0 Å². The molecule has 0 unspecified atom stereocenters. The molecule has 0 bridgehead atoms. The SMILES string of the molecule is Cc1ccc2nc3c(cc(C(=O)N4CCN(c5ccccc5F)CC4)n3C)c(=O)n2c1. The van der Waals surface area contributed by atoms with Gasteiger partial charge in [0, 0.05) is 39.4 Å². The van der Waals surface area contributed by atoms with Crippen LogP contribution in [0.4, 0.5) is 10.1 Å². The second kappa shape index (κ2) is 7.23. The molecule has 1 fully saturated rings. The molecule has 7 nitrogen and oxygen atoms in total. The van der Waals surface area contributed by atoms with Crippen LogP contribution in [0, 0.1) is 12.7 Å². The number of rotatable bonds is 2. The van der Waals surface area contributed by atoms with Gasteiger partial charge in [-0.25, -0.2) is 9.37 Å². The van der Waals surface area contributed by atoms with Crippen LogP contribution in [-0.2, 0) is 7.05 Å².